The fourth-order valence-corrected chi connectivity index (χ4v) is 1.64. The highest BCUT2D eigenvalue weighted by atomic mass is 16.5. The van der Waals surface area contributed by atoms with E-state index in [0.29, 0.717) is 23.6 Å². The summed E-state index contributed by atoms with van der Waals surface area (Å²) < 4.78 is 5.06. The fraction of sp³-hybridized carbons (Fsp3) is 0.429. The molecule has 7 nitrogen and oxygen atoms in total. The first kappa shape index (κ1) is 15.0. The topological polar surface area (TPSA) is 76.1 Å². The van der Waals surface area contributed by atoms with Crippen molar-refractivity contribution in [3.05, 3.63) is 18.3 Å². The Morgan fingerprint density at radius 2 is 2.00 bits per heavy atom. The molecule has 2 heterocycles. The zero-order chi connectivity index (χ0) is 15.2. The summed E-state index contributed by atoms with van der Waals surface area (Å²) in [7, 11) is 5.38. The predicted octanol–water partition coefficient (Wildman–Crippen LogP) is 1.83. The van der Waals surface area contributed by atoms with Gasteiger partial charge in [-0.2, -0.15) is 15.0 Å². The van der Waals surface area contributed by atoms with Gasteiger partial charge in [0.1, 0.15) is 0 Å². The Morgan fingerprint density at radius 1 is 1.19 bits per heavy atom. The molecule has 0 radical (unpaired) electrons. The van der Waals surface area contributed by atoms with Gasteiger partial charge < -0.3 is 15.0 Å². The summed E-state index contributed by atoms with van der Waals surface area (Å²) in [5.41, 5.74) is 0.820. The minimum Gasteiger partial charge on any atom is -0.481 e. The van der Waals surface area contributed by atoms with Gasteiger partial charge in [0, 0.05) is 38.5 Å². The summed E-state index contributed by atoms with van der Waals surface area (Å²) in [6.45, 7) is 2.91. The lowest BCUT2D eigenvalue weighted by molar-refractivity contribution is 0.398. The lowest BCUT2D eigenvalue weighted by Gasteiger charge is -2.13. The van der Waals surface area contributed by atoms with Crippen LogP contribution in [0.1, 0.15) is 13.3 Å². The van der Waals surface area contributed by atoms with Crippen LogP contribution in [-0.2, 0) is 0 Å². The van der Waals surface area contributed by atoms with Crippen LogP contribution in [0.5, 0.6) is 5.88 Å². The lowest BCUT2D eigenvalue weighted by Crippen LogP contribution is -2.16. The molecule has 0 amide bonds. The van der Waals surface area contributed by atoms with Crippen molar-refractivity contribution in [2.45, 2.75) is 13.3 Å². The summed E-state index contributed by atoms with van der Waals surface area (Å²) in [6, 6.07) is 3.66. The highest BCUT2D eigenvalue weighted by molar-refractivity contribution is 5.57. The maximum atomic E-state index is 5.06. The van der Waals surface area contributed by atoms with E-state index in [4.69, 9.17) is 4.74 Å². The second kappa shape index (κ2) is 6.83. The normalized spacial score (nSPS) is 10.3. The van der Waals surface area contributed by atoms with Gasteiger partial charge in [-0.15, -0.1) is 0 Å². The van der Waals surface area contributed by atoms with E-state index in [1.54, 1.807) is 19.4 Å². The van der Waals surface area contributed by atoms with Crippen LogP contribution >= 0.6 is 0 Å². The van der Waals surface area contributed by atoms with Gasteiger partial charge in [-0.1, -0.05) is 6.92 Å². The first-order valence-electron chi connectivity index (χ1n) is 6.81. The van der Waals surface area contributed by atoms with Crippen molar-refractivity contribution in [1.82, 2.24) is 19.9 Å². The number of nitrogens with zero attached hydrogens (tertiary/aromatic N) is 5. The van der Waals surface area contributed by atoms with Gasteiger partial charge in [-0.05, 0) is 12.5 Å². The van der Waals surface area contributed by atoms with Crippen LogP contribution < -0.4 is 15.0 Å². The molecule has 21 heavy (non-hydrogen) atoms. The largest absolute Gasteiger partial charge is 0.481 e. The van der Waals surface area contributed by atoms with E-state index in [-0.39, 0.29) is 0 Å². The van der Waals surface area contributed by atoms with E-state index in [0.717, 1.165) is 18.5 Å². The Kier molecular flexibility index (Phi) is 4.86. The molecule has 2 rings (SSSR count). The molecular weight excluding hydrogens is 268 g/mol. The molecule has 0 saturated heterocycles. The zero-order valence-electron chi connectivity index (χ0n) is 12.8. The van der Waals surface area contributed by atoms with Crippen LogP contribution in [0.4, 0.5) is 11.9 Å². The molecule has 2 aromatic heterocycles. The van der Waals surface area contributed by atoms with Gasteiger partial charge in [-0.3, -0.25) is 0 Å². The first-order chi connectivity index (χ1) is 10.1. The van der Waals surface area contributed by atoms with E-state index in [9.17, 15) is 0 Å². The van der Waals surface area contributed by atoms with Gasteiger partial charge in [0.05, 0.1) is 7.11 Å². The third-order valence-electron chi connectivity index (χ3n) is 2.76. The number of rotatable bonds is 6. The summed E-state index contributed by atoms with van der Waals surface area (Å²) in [5.74, 6) is 2.32. The maximum Gasteiger partial charge on any atom is 0.230 e. The smallest absolute Gasteiger partial charge is 0.230 e. The van der Waals surface area contributed by atoms with Crippen molar-refractivity contribution >= 4 is 11.9 Å². The Balaban J connectivity index is 2.37. The lowest BCUT2D eigenvalue weighted by atomic mass is 10.2. The molecule has 0 bridgehead atoms. The van der Waals surface area contributed by atoms with Crippen molar-refractivity contribution in [3.63, 3.8) is 0 Å². The number of ether oxygens (including phenoxy) is 1. The van der Waals surface area contributed by atoms with Crippen LogP contribution in [0.2, 0.25) is 0 Å². The molecule has 0 unspecified atom stereocenters. The Bertz CT molecular complexity index is 585. The van der Waals surface area contributed by atoms with Crippen LogP contribution in [0, 0.1) is 0 Å². The minimum atomic E-state index is 0.560. The standard InChI is InChI=1S/C14H20N6O/c1-5-8-15-13-17-12(18-14(19-13)20(2)3)10-6-7-11(21-4)16-9-10/h6-7,9H,5,8H2,1-4H3,(H,15,17,18,19). The molecular formula is C14H20N6O. The fourth-order valence-electron chi connectivity index (χ4n) is 1.64. The number of hydrogen-bond donors (Lipinski definition) is 1. The number of hydrogen-bond acceptors (Lipinski definition) is 7. The van der Waals surface area contributed by atoms with Gasteiger partial charge in [0.15, 0.2) is 5.82 Å². The molecule has 2 aromatic rings. The second-order valence-corrected chi connectivity index (χ2v) is 4.69. The average Bonchev–Trinajstić information content (AvgIpc) is 2.52. The van der Waals surface area contributed by atoms with E-state index >= 15 is 0 Å². The minimum absolute atomic E-state index is 0.560. The summed E-state index contributed by atoms with van der Waals surface area (Å²) in [4.78, 5) is 19.3. The van der Waals surface area contributed by atoms with Crippen molar-refractivity contribution in [2.75, 3.05) is 38.0 Å². The van der Waals surface area contributed by atoms with Gasteiger partial charge >= 0.3 is 0 Å². The molecule has 112 valence electrons. The van der Waals surface area contributed by atoms with Crippen molar-refractivity contribution < 1.29 is 4.74 Å². The molecule has 1 N–H and O–H groups in total. The highest BCUT2D eigenvalue weighted by Gasteiger charge is 2.10. The van der Waals surface area contributed by atoms with Crippen molar-refractivity contribution in [1.29, 1.82) is 0 Å². The molecule has 0 atom stereocenters. The van der Waals surface area contributed by atoms with Crippen LogP contribution in [0.25, 0.3) is 11.4 Å². The third kappa shape index (κ3) is 3.77. The highest BCUT2D eigenvalue weighted by Crippen LogP contribution is 2.19. The first-order valence-corrected chi connectivity index (χ1v) is 6.81. The average molecular weight is 288 g/mol. The summed E-state index contributed by atoms with van der Waals surface area (Å²) >= 11 is 0. The van der Waals surface area contributed by atoms with Crippen LogP contribution in [-0.4, -0.2) is 47.7 Å². The van der Waals surface area contributed by atoms with E-state index in [1.807, 2.05) is 25.1 Å². The van der Waals surface area contributed by atoms with E-state index in [2.05, 4.69) is 32.2 Å². The van der Waals surface area contributed by atoms with E-state index in [1.165, 1.54) is 0 Å². The summed E-state index contributed by atoms with van der Waals surface area (Å²) in [5, 5.41) is 3.19. The molecule has 0 aliphatic carbocycles. The Morgan fingerprint density at radius 3 is 2.57 bits per heavy atom. The van der Waals surface area contributed by atoms with Gasteiger partial charge in [0.2, 0.25) is 17.8 Å². The van der Waals surface area contributed by atoms with Gasteiger partial charge in [-0.25, -0.2) is 4.98 Å². The van der Waals surface area contributed by atoms with E-state index < -0.39 is 0 Å². The van der Waals surface area contributed by atoms with Crippen molar-refractivity contribution in [3.8, 4) is 17.3 Å². The van der Waals surface area contributed by atoms with Crippen molar-refractivity contribution in [2.24, 2.45) is 0 Å². The number of anilines is 2. The third-order valence-corrected chi connectivity index (χ3v) is 2.76. The quantitative estimate of drug-likeness (QED) is 0.869. The maximum absolute atomic E-state index is 5.06. The molecule has 0 fully saturated rings. The molecule has 0 saturated carbocycles. The molecule has 0 spiro atoms. The zero-order valence-corrected chi connectivity index (χ0v) is 12.8. The SMILES string of the molecule is CCCNc1nc(-c2ccc(OC)nc2)nc(N(C)C)n1. The number of aromatic nitrogens is 4. The summed E-state index contributed by atoms with van der Waals surface area (Å²) in [6.07, 6.45) is 2.69. The number of nitrogens with one attached hydrogen (secondary N) is 1. The number of methoxy groups -OCH3 is 1. The van der Waals surface area contributed by atoms with Gasteiger partial charge in [0.25, 0.3) is 0 Å². The predicted molar refractivity (Wildman–Crippen MR) is 82.7 cm³/mol. The van der Waals surface area contributed by atoms with Crippen LogP contribution in [0.15, 0.2) is 18.3 Å². The molecule has 0 aliphatic rings. The molecule has 7 heteroatoms. The monoisotopic (exact) mass is 288 g/mol. The Labute approximate surface area is 124 Å². The number of pyridine rings is 1. The molecule has 0 aliphatic heterocycles. The second-order valence-electron chi connectivity index (χ2n) is 4.69. The van der Waals surface area contributed by atoms with Crippen LogP contribution in [0.3, 0.4) is 0 Å². The Hall–Kier alpha value is -2.44. The molecule has 0 aromatic carbocycles.